The molecule has 0 amide bonds. The average molecular weight is 373 g/mol. The van der Waals surface area contributed by atoms with E-state index in [9.17, 15) is 0 Å². The fraction of sp³-hybridized carbons (Fsp3) is 0.375. The van der Waals surface area contributed by atoms with Crippen LogP contribution in [0.25, 0.3) is 11.1 Å². The van der Waals surface area contributed by atoms with Gasteiger partial charge in [-0.1, -0.05) is 6.92 Å². The fourth-order valence-corrected chi connectivity index (χ4v) is 4.61. The third kappa shape index (κ3) is 2.70. The molecular formula is C24H28N4. The van der Waals surface area contributed by atoms with Crippen LogP contribution in [0.4, 0.5) is 0 Å². The molecule has 1 saturated heterocycles. The van der Waals surface area contributed by atoms with Crippen molar-refractivity contribution >= 4 is 16.9 Å². The molecule has 2 aromatic heterocycles. The average Bonchev–Trinajstić information content (AvgIpc) is 3.49. The molecule has 1 unspecified atom stereocenters. The van der Waals surface area contributed by atoms with Crippen molar-refractivity contribution < 1.29 is 0 Å². The first kappa shape index (κ1) is 17.4. The van der Waals surface area contributed by atoms with E-state index in [0.29, 0.717) is 5.92 Å². The summed E-state index contributed by atoms with van der Waals surface area (Å²) in [4.78, 5) is 12.2. The Kier molecular flexibility index (Phi) is 3.97. The number of aromatic amines is 2. The van der Waals surface area contributed by atoms with Gasteiger partial charge in [0, 0.05) is 52.0 Å². The Morgan fingerprint density at radius 1 is 0.893 bits per heavy atom. The van der Waals surface area contributed by atoms with Gasteiger partial charge in [0.2, 0.25) is 0 Å². The Morgan fingerprint density at radius 3 is 2.50 bits per heavy atom. The zero-order valence-electron chi connectivity index (χ0n) is 17.2. The molecule has 0 aliphatic carbocycles. The zero-order valence-corrected chi connectivity index (χ0v) is 17.2. The zero-order chi connectivity index (χ0) is 19.4. The lowest BCUT2D eigenvalue weighted by atomic mass is 10.0. The minimum atomic E-state index is 0.294. The van der Waals surface area contributed by atoms with Crippen LogP contribution in [0.5, 0.6) is 0 Å². The van der Waals surface area contributed by atoms with E-state index in [1.807, 2.05) is 0 Å². The number of aliphatic imine (C=N–C) groups is 1. The number of nitrogens with zero attached hydrogens (tertiary/aromatic N) is 1. The SMILES string of the molecule is CC1=C2CCC(=C(C)c3c[nH]c(c3)C(C)c3ccc([nH]3)C(C)=C3CCC1=N3)N2. The van der Waals surface area contributed by atoms with Crippen LogP contribution >= 0.6 is 0 Å². The summed E-state index contributed by atoms with van der Waals surface area (Å²) in [5.74, 6) is 0.294. The highest BCUT2D eigenvalue weighted by atomic mass is 14.9. The summed E-state index contributed by atoms with van der Waals surface area (Å²) in [6, 6.07) is 6.71. The van der Waals surface area contributed by atoms with Crippen LogP contribution < -0.4 is 5.32 Å². The molecule has 8 bridgehead atoms. The van der Waals surface area contributed by atoms with Crippen LogP contribution in [0.1, 0.15) is 81.9 Å². The first-order valence-electron chi connectivity index (χ1n) is 10.3. The topological polar surface area (TPSA) is 56.0 Å². The van der Waals surface area contributed by atoms with E-state index in [0.717, 1.165) is 25.7 Å². The van der Waals surface area contributed by atoms with Crippen LogP contribution in [-0.2, 0) is 0 Å². The molecule has 0 aromatic carbocycles. The highest BCUT2D eigenvalue weighted by Crippen LogP contribution is 2.35. The predicted octanol–water partition coefficient (Wildman–Crippen LogP) is 5.86. The standard InChI is InChI=1S/C24H28N4/c1-13-17-11-24(25-12-17)16(4)23-10-9-22(28-23)15(3)21-8-7-20(27-21)14(2)19-6-5-18(13)26-19/h9-12,16,25-26,28H,5-8H2,1-4H3. The van der Waals surface area contributed by atoms with Crippen molar-refractivity contribution in [2.24, 2.45) is 4.99 Å². The Labute approximate surface area is 166 Å². The van der Waals surface area contributed by atoms with E-state index >= 15 is 0 Å². The highest BCUT2D eigenvalue weighted by Gasteiger charge is 2.23. The number of fused-ring (bicyclic) bond motifs is 7. The van der Waals surface area contributed by atoms with Gasteiger partial charge < -0.3 is 15.3 Å². The lowest BCUT2D eigenvalue weighted by Crippen LogP contribution is -2.10. The maximum atomic E-state index is 5.04. The van der Waals surface area contributed by atoms with E-state index < -0.39 is 0 Å². The molecule has 3 aliphatic rings. The molecule has 3 N–H and O–H groups in total. The summed E-state index contributed by atoms with van der Waals surface area (Å²) in [5, 5.41) is 3.72. The first-order valence-corrected chi connectivity index (χ1v) is 10.3. The number of hydrogen-bond acceptors (Lipinski definition) is 2. The molecule has 0 saturated carbocycles. The van der Waals surface area contributed by atoms with Crippen LogP contribution in [0.3, 0.4) is 0 Å². The number of nitrogens with one attached hydrogen (secondary N) is 3. The molecule has 2 aromatic rings. The van der Waals surface area contributed by atoms with Gasteiger partial charge in [0.05, 0.1) is 0 Å². The Morgan fingerprint density at radius 2 is 1.68 bits per heavy atom. The van der Waals surface area contributed by atoms with E-state index in [2.05, 4.69) is 67.4 Å². The fourth-order valence-electron chi connectivity index (χ4n) is 4.61. The number of H-pyrrole nitrogens is 2. The summed E-state index contributed by atoms with van der Waals surface area (Å²) in [6.07, 6.45) is 6.35. The van der Waals surface area contributed by atoms with Crippen molar-refractivity contribution in [2.45, 2.75) is 59.3 Å². The van der Waals surface area contributed by atoms with Crippen molar-refractivity contribution in [1.29, 1.82) is 0 Å². The van der Waals surface area contributed by atoms with Gasteiger partial charge in [-0.25, -0.2) is 0 Å². The summed E-state index contributed by atoms with van der Waals surface area (Å²) in [6.45, 7) is 8.90. The minimum Gasteiger partial charge on any atom is -0.364 e. The van der Waals surface area contributed by atoms with Crippen molar-refractivity contribution in [3.05, 3.63) is 69.7 Å². The lowest BCUT2D eigenvalue weighted by Gasteiger charge is -2.10. The maximum Gasteiger partial charge on any atom is 0.0460 e. The van der Waals surface area contributed by atoms with Gasteiger partial charge in [-0.05, 0) is 86.9 Å². The number of hydrogen-bond donors (Lipinski definition) is 3. The van der Waals surface area contributed by atoms with Crippen molar-refractivity contribution in [3.8, 4) is 0 Å². The van der Waals surface area contributed by atoms with Gasteiger partial charge in [0.15, 0.2) is 0 Å². The second kappa shape index (κ2) is 6.40. The second-order valence-electron chi connectivity index (χ2n) is 8.36. The van der Waals surface area contributed by atoms with Gasteiger partial charge in [-0.3, -0.25) is 4.99 Å². The monoisotopic (exact) mass is 372 g/mol. The Balaban J connectivity index is 1.69. The number of aromatic nitrogens is 2. The Bertz CT molecular complexity index is 1080. The van der Waals surface area contributed by atoms with Crippen molar-refractivity contribution in [1.82, 2.24) is 15.3 Å². The lowest BCUT2D eigenvalue weighted by molar-refractivity contribution is 0.849. The van der Waals surface area contributed by atoms with Crippen LogP contribution in [0, 0.1) is 0 Å². The van der Waals surface area contributed by atoms with E-state index in [-0.39, 0.29) is 0 Å². The second-order valence-corrected chi connectivity index (χ2v) is 8.36. The largest absolute Gasteiger partial charge is 0.364 e. The quantitative estimate of drug-likeness (QED) is 0.533. The van der Waals surface area contributed by atoms with Gasteiger partial charge in [0.25, 0.3) is 0 Å². The molecule has 144 valence electrons. The molecule has 4 heteroatoms. The van der Waals surface area contributed by atoms with Gasteiger partial charge in [-0.15, -0.1) is 0 Å². The molecule has 1 fully saturated rings. The normalized spacial score (nSPS) is 22.1. The van der Waals surface area contributed by atoms with Crippen molar-refractivity contribution in [3.63, 3.8) is 0 Å². The molecule has 4 nitrogen and oxygen atoms in total. The first-order chi connectivity index (χ1) is 13.5. The van der Waals surface area contributed by atoms with Crippen LogP contribution in [-0.4, -0.2) is 15.7 Å². The molecule has 0 radical (unpaired) electrons. The van der Waals surface area contributed by atoms with Crippen LogP contribution in [0.15, 0.2) is 52.1 Å². The third-order valence-corrected chi connectivity index (χ3v) is 6.75. The smallest absolute Gasteiger partial charge is 0.0460 e. The number of allylic oxidation sites excluding steroid dienone is 6. The van der Waals surface area contributed by atoms with Gasteiger partial charge in [-0.2, -0.15) is 0 Å². The van der Waals surface area contributed by atoms with E-state index in [1.54, 1.807) is 0 Å². The summed E-state index contributed by atoms with van der Waals surface area (Å²) in [5.41, 5.74) is 14.0. The third-order valence-electron chi connectivity index (χ3n) is 6.75. The van der Waals surface area contributed by atoms with E-state index in [1.165, 1.54) is 62.2 Å². The van der Waals surface area contributed by atoms with Gasteiger partial charge >= 0.3 is 0 Å². The number of rotatable bonds is 0. The summed E-state index contributed by atoms with van der Waals surface area (Å²) < 4.78 is 0. The Hall–Kier alpha value is -2.75. The molecule has 5 heterocycles. The van der Waals surface area contributed by atoms with Gasteiger partial charge in [0.1, 0.15) is 0 Å². The highest BCUT2D eigenvalue weighted by molar-refractivity contribution is 6.03. The molecule has 3 aliphatic heterocycles. The van der Waals surface area contributed by atoms with Crippen LogP contribution in [0.2, 0.25) is 0 Å². The molecule has 28 heavy (non-hydrogen) atoms. The van der Waals surface area contributed by atoms with Crippen molar-refractivity contribution in [2.75, 3.05) is 0 Å². The predicted molar refractivity (Wildman–Crippen MR) is 116 cm³/mol. The molecule has 5 rings (SSSR count). The summed E-state index contributed by atoms with van der Waals surface area (Å²) in [7, 11) is 0. The molecule has 1 atom stereocenters. The summed E-state index contributed by atoms with van der Waals surface area (Å²) >= 11 is 0. The molecular weight excluding hydrogens is 344 g/mol. The molecule has 0 spiro atoms. The van der Waals surface area contributed by atoms with E-state index in [4.69, 9.17) is 4.99 Å². The maximum absolute atomic E-state index is 5.04. The minimum absolute atomic E-state index is 0.294.